The summed E-state index contributed by atoms with van der Waals surface area (Å²) in [7, 11) is 1.29. The van der Waals surface area contributed by atoms with Crippen molar-refractivity contribution in [3.8, 4) is 5.75 Å². The van der Waals surface area contributed by atoms with Gasteiger partial charge >= 0.3 is 0 Å². The Bertz CT molecular complexity index is 2020. The average Bonchev–Trinajstić information content (AvgIpc) is 3.24. The molecule has 0 aliphatic rings. The number of non-ortho nitro benzene ring substituents is 1. The Morgan fingerprint density at radius 1 is 0.697 bits per heavy atom. The second kappa shape index (κ2) is 27.6. The number of primary amides is 1. The topological polar surface area (TPSA) is 422 Å². The van der Waals surface area contributed by atoms with E-state index in [1.165, 1.54) is 43.4 Å². The van der Waals surface area contributed by atoms with Crippen LogP contribution in [0.4, 0.5) is 5.69 Å². The van der Waals surface area contributed by atoms with E-state index in [4.69, 9.17) is 33.8 Å². The molecule has 0 spiro atoms. The largest absolute Gasteiger partial charge is 0.508 e. The third kappa shape index (κ3) is 20.7. The second-order valence-electron chi connectivity index (χ2n) is 15.9. The first-order valence-electron chi connectivity index (χ1n) is 21.0. The van der Waals surface area contributed by atoms with Crippen molar-refractivity contribution < 1.29 is 43.6 Å². The summed E-state index contributed by atoms with van der Waals surface area (Å²) in [5, 5.41) is 53.5. The molecule has 5 atom stereocenters. The number of nitro groups is 1. The maximum Gasteiger partial charge on any atom is 0.269 e. The average molecular weight is 926 g/mol. The van der Waals surface area contributed by atoms with Crippen LogP contribution in [0.5, 0.6) is 5.75 Å². The van der Waals surface area contributed by atoms with Crippen LogP contribution in [0.3, 0.4) is 0 Å². The first kappa shape index (κ1) is 54.6. The third-order valence-corrected chi connectivity index (χ3v) is 9.79. The van der Waals surface area contributed by atoms with Gasteiger partial charge in [0.2, 0.25) is 41.4 Å². The predicted molar refractivity (Wildman–Crippen MR) is 242 cm³/mol. The van der Waals surface area contributed by atoms with Crippen molar-refractivity contribution in [2.24, 2.45) is 28.9 Å². The molecule has 0 aliphatic heterocycles. The minimum atomic E-state index is -1.41. The molecule has 0 radical (unpaired) electrons. The van der Waals surface area contributed by atoms with Crippen LogP contribution in [0, 0.1) is 26.9 Å². The molecule has 18 N–H and O–H groups in total. The number of hydrogen-bond acceptors (Lipinski definition) is 13. The Hall–Kier alpha value is -7.57. The summed E-state index contributed by atoms with van der Waals surface area (Å²) in [6.45, 7) is 2.81. The number of nitrogens with one attached hydrogen (secondary N) is 9. The summed E-state index contributed by atoms with van der Waals surface area (Å²) in [6, 6.07) is 5.09. The predicted octanol–water partition coefficient (Wildman–Crippen LogP) is -3.02. The van der Waals surface area contributed by atoms with Gasteiger partial charge in [0, 0.05) is 38.7 Å². The summed E-state index contributed by atoms with van der Waals surface area (Å²) < 4.78 is 0. The number of rotatable bonds is 28. The first-order chi connectivity index (χ1) is 31.1. The van der Waals surface area contributed by atoms with Gasteiger partial charge in [-0.3, -0.25) is 54.5 Å². The summed E-state index contributed by atoms with van der Waals surface area (Å²) in [4.78, 5) is 105. The van der Waals surface area contributed by atoms with Crippen molar-refractivity contribution in [2.45, 2.75) is 89.0 Å². The van der Waals surface area contributed by atoms with Crippen molar-refractivity contribution in [1.29, 1.82) is 10.8 Å². The number of aromatic hydroxyl groups is 1. The van der Waals surface area contributed by atoms with E-state index >= 15 is 0 Å². The summed E-state index contributed by atoms with van der Waals surface area (Å²) >= 11 is 0. The van der Waals surface area contributed by atoms with Crippen LogP contribution in [0.15, 0.2) is 48.5 Å². The van der Waals surface area contributed by atoms with E-state index in [0.717, 1.165) is 4.90 Å². The number of nitrogens with zero attached hydrogens (tertiary/aromatic N) is 2. The third-order valence-electron chi connectivity index (χ3n) is 9.79. The lowest BCUT2D eigenvalue weighted by Gasteiger charge is -2.27. The van der Waals surface area contributed by atoms with Crippen LogP contribution in [-0.4, -0.2) is 132 Å². The number of nitro benzene ring substituents is 1. The minimum absolute atomic E-state index is 0.0150. The highest BCUT2D eigenvalue weighted by Gasteiger charge is 2.32. The van der Waals surface area contributed by atoms with E-state index < -0.39 is 89.6 Å². The normalized spacial score (nSPS) is 13.0. The second-order valence-corrected chi connectivity index (χ2v) is 15.9. The van der Waals surface area contributed by atoms with E-state index in [1.807, 2.05) is 0 Å². The molecule has 2 rings (SSSR count). The van der Waals surface area contributed by atoms with Crippen molar-refractivity contribution in [3.05, 3.63) is 69.8 Å². The highest BCUT2D eigenvalue weighted by Crippen LogP contribution is 2.15. The number of phenolic OH excluding ortho intramolecular Hbond substituents is 1. The minimum Gasteiger partial charge on any atom is -0.508 e. The number of benzene rings is 2. The van der Waals surface area contributed by atoms with Gasteiger partial charge in [-0.25, -0.2) is 0 Å². The van der Waals surface area contributed by atoms with Gasteiger partial charge in [-0.15, -0.1) is 0 Å². The molecule has 0 aliphatic carbocycles. The smallest absolute Gasteiger partial charge is 0.269 e. The number of carbonyl (C=O) groups is 7. The molecule has 0 fully saturated rings. The number of amides is 7. The van der Waals surface area contributed by atoms with Gasteiger partial charge in [0.25, 0.3) is 5.69 Å². The maximum atomic E-state index is 14.1. The lowest BCUT2D eigenvalue weighted by Crippen LogP contribution is -2.59. The van der Waals surface area contributed by atoms with E-state index in [9.17, 15) is 48.8 Å². The fourth-order valence-corrected chi connectivity index (χ4v) is 6.28. The van der Waals surface area contributed by atoms with Gasteiger partial charge in [0.05, 0.1) is 24.1 Å². The number of hydrogen-bond donors (Lipinski definition) is 14. The molecule has 0 saturated heterocycles. The van der Waals surface area contributed by atoms with E-state index in [0.29, 0.717) is 11.1 Å². The zero-order valence-electron chi connectivity index (χ0n) is 37.2. The fraction of sp³-hybridized carbons (Fsp3) is 0.488. The molecule has 362 valence electrons. The molecule has 0 bridgehead atoms. The highest BCUT2D eigenvalue weighted by atomic mass is 16.6. The van der Waals surface area contributed by atoms with Gasteiger partial charge in [0.15, 0.2) is 11.9 Å². The van der Waals surface area contributed by atoms with Crippen molar-refractivity contribution in [3.63, 3.8) is 0 Å². The van der Waals surface area contributed by atoms with E-state index in [1.54, 1.807) is 26.0 Å². The fourth-order valence-electron chi connectivity index (χ4n) is 6.28. The standard InChI is InChI=1S/C41H63N15O10/c1-23(2)18-31(38(63)53-30(7-5-17-49-41(46)47)37(62)52-29(35(43)60)6-4-16-48-40(44)45)54-39(64)32(20-25-8-12-26(13-9-25)56(65)66)51-33(58)22-55(3)34(59)21-50-36(61)28(42)19-24-10-14-27(57)15-11-24/h8-15,23,28-32,57H,4-7,16-22,42H2,1-3H3,(H2,43,60)(H,50,61)(H,51,58)(H,52,62)(H,53,63)(H,54,64)(H4,44,45,48)(H4,46,47,49)/t28-,29-,30+,31-,32-/m0/s1. The lowest BCUT2D eigenvalue weighted by molar-refractivity contribution is -0.384. The highest BCUT2D eigenvalue weighted by molar-refractivity contribution is 5.96. The number of phenols is 1. The van der Waals surface area contributed by atoms with E-state index in [2.05, 4.69) is 37.2 Å². The molecule has 0 heterocycles. The number of guanidine groups is 2. The Morgan fingerprint density at radius 2 is 1.18 bits per heavy atom. The zero-order valence-corrected chi connectivity index (χ0v) is 37.2. The molecule has 0 saturated carbocycles. The molecule has 25 heteroatoms. The Balaban J connectivity index is 2.27. The van der Waals surface area contributed by atoms with Crippen LogP contribution in [0.25, 0.3) is 0 Å². The van der Waals surface area contributed by atoms with Gasteiger partial charge in [-0.05, 0) is 67.7 Å². The number of carbonyl (C=O) groups excluding carboxylic acids is 7. The number of nitrogens with two attached hydrogens (primary N) is 4. The van der Waals surface area contributed by atoms with Crippen molar-refractivity contribution >= 4 is 59.0 Å². The van der Waals surface area contributed by atoms with Crippen molar-refractivity contribution in [2.75, 3.05) is 33.2 Å². The van der Waals surface area contributed by atoms with Crippen LogP contribution in [0.1, 0.15) is 57.1 Å². The number of likely N-dealkylation sites (N-methyl/N-ethyl adjacent to an activating group) is 1. The molecule has 0 unspecified atom stereocenters. The lowest BCUT2D eigenvalue weighted by atomic mass is 10.00. The van der Waals surface area contributed by atoms with Crippen LogP contribution in [0.2, 0.25) is 0 Å². The molecular weight excluding hydrogens is 863 g/mol. The maximum absolute atomic E-state index is 14.1. The molecule has 2 aromatic rings. The van der Waals surface area contributed by atoms with Crippen LogP contribution < -0.4 is 60.2 Å². The van der Waals surface area contributed by atoms with Gasteiger partial charge in [-0.2, -0.15) is 0 Å². The van der Waals surface area contributed by atoms with Gasteiger partial charge < -0.3 is 70.2 Å². The molecule has 2 aromatic carbocycles. The zero-order chi connectivity index (χ0) is 49.5. The molecule has 0 aromatic heterocycles. The SMILES string of the molecule is CC(C)C[C@H](NC(=O)[C@H](Cc1ccc([N+](=O)[O-])cc1)NC(=O)CN(C)C(=O)CNC(=O)[C@@H](N)Cc1ccc(O)cc1)C(=O)N[C@H](CCCNC(=N)N)C(=O)N[C@@H](CCCNC(=N)N)C(N)=O. The van der Waals surface area contributed by atoms with Gasteiger partial charge in [0.1, 0.15) is 29.9 Å². The molecule has 7 amide bonds. The van der Waals surface area contributed by atoms with E-state index in [-0.39, 0.29) is 87.3 Å². The Kier molecular flexibility index (Phi) is 22.8. The first-order valence-corrected chi connectivity index (χ1v) is 21.0. The molecule has 25 nitrogen and oxygen atoms in total. The molecule has 66 heavy (non-hydrogen) atoms. The summed E-state index contributed by atoms with van der Waals surface area (Å²) in [5.41, 5.74) is 23.1. The van der Waals surface area contributed by atoms with Crippen LogP contribution >= 0.6 is 0 Å². The molecular formula is C41H63N15O10. The Morgan fingerprint density at radius 3 is 1.71 bits per heavy atom. The van der Waals surface area contributed by atoms with Gasteiger partial charge in [-0.1, -0.05) is 38.1 Å². The summed E-state index contributed by atoms with van der Waals surface area (Å²) in [5.74, 6) is -6.20. The quantitative estimate of drug-likeness (QED) is 0.0133. The summed E-state index contributed by atoms with van der Waals surface area (Å²) in [6.07, 6.45) is 0.500. The van der Waals surface area contributed by atoms with Crippen LogP contribution in [-0.2, 0) is 46.4 Å². The van der Waals surface area contributed by atoms with Crippen molar-refractivity contribution in [1.82, 2.24) is 42.1 Å². The Labute approximate surface area is 381 Å². The monoisotopic (exact) mass is 925 g/mol.